The molecule has 1 aliphatic heterocycles. The maximum Gasteiger partial charge on any atom is 0.195 e. The Labute approximate surface area is 104 Å². The van der Waals surface area contributed by atoms with Gasteiger partial charge in [-0.2, -0.15) is 0 Å². The van der Waals surface area contributed by atoms with Gasteiger partial charge in [0, 0.05) is 12.2 Å². The minimum Gasteiger partial charge on any atom is -0.354 e. The van der Waals surface area contributed by atoms with E-state index in [1.165, 1.54) is 10.3 Å². The summed E-state index contributed by atoms with van der Waals surface area (Å²) in [5, 5.41) is 6.53. The van der Waals surface area contributed by atoms with Crippen LogP contribution in [0.15, 0.2) is 22.6 Å². The van der Waals surface area contributed by atoms with E-state index < -0.39 is 0 Å². The quantitative estimate of drug-likeness (QED) is 0.854. The summed E-state index contributed by atoms with van der Waals surface area (Å²) in [7, 11) is 0. The summed E-state index contributed by atoms with van der Waals surface area (Å²) in [4.78, 5) is 8.74. The van der Waals surface area contributed by atoms with Gasteiger partial charge in [0.25, 0.3) is 0 Å². The van der Waals surface area contributed by atoms with Gasteiger partial charge in [-0.25, -0.2) is 4.98 Å². The van der Waals surface area contributed by atoms with Gasteiger partial charge in [0.1, 0.15) is 0 Å². The summed E-state index contributed by atoms with van der Waals surface area (Å²) in [6.45, 7) is 3.93. The Kier molecular flexibility index (Phi) is 2.68. The summed E-state index contributed by atoms with van der Waals surface area (Å²) >= 11 is 1.68. The van der Waals surface area contributed by atoms with Crippen LogP contribution in [0.1, 0.15) is 12.5 Å². The smallest absolute Gasteiger partial charge is 0.195 e. The van der Waals surface area contributed by atoms with Crippen LogP contribution in [0, 0.1) is 0 Å². The third-order valence-corrected chi connectivity index (χ3v) is 3.61. The molecule has 0 saturated carbocycles. The van der Waals surface area contributed by atoms with Gasteiger partial charge in [0.15, 0.2) is 5.96 Å². The van der Waals surface area contributed by atoms with Crippen molar-refractivity contribution < 1.29 is 0 Å². The molecule has 0 aliphatic carbocycles. The molecular weight excluding hydrogens is 232 g/mol. The number of nitrogens with one attached hydrogen (secondary N) is 2. The Bertz CT molecular complexity index is 573. The highest BCUT2D eigenvalue weighted by atomic mass is 32.1. The molecule has 0 fully saturated rings. The molecule has 2 N–H and O–H groups in total. The van der Waals surface area contributed by atoms with Crippen molar-refractivity contribution >= 4 is 33.2 Å². The minimum atomic E-state index is 0.853. The van der Waals surface area contributed by atoms with E-state index in [-0.39, 0.29) is 0 Å². The maximum absolute atomic E-state index is 4.41. The number of aliphatic imine (C=N–C) groups is 1. The van der Waals surface area contributed by atoms with Crippen LogP contribution in [0.3, 0.4) is 0 Å². The predicted molar refractivity (Wildman–Crippen MR) is 72.9 cm³/mol. The fourth-order valence-electron chi connectivity index (χ4n) is 2.00. The van der Waals surface area contributed by atoms with Gasteiger partial charge in [-0.15, -0.1) is 11.3 Å². The van der Waals surface area contributed by atoms with E-state index in [1.807, 2.05) is 5.51 Å². The highest BCUT2D eigenvalue weighted by Gasteiger charge is 2.08. The lowest BCUT2D eigenvalue weighted by Crippen LogP contribution is -2.26. The van der Waals surface area contributed by atoms with Crippen LogP contribution in [0.4, 0.5) is 5.69 Å². The molecule has 88 valence electrons. The van der Waals surface area contributed by atoms with E-state index in [4.69, 9.17) is 0 Å². The average Bonchev–Trinajstić information content (AvgIpc) is 2.98. The summed E-state index contributed by atoms with van der Waals surface area (Å²) in [5.41, 5.74) is 5.40. The minimum absolute atomic E-state index is 0.853. The molecule has 0 atom stereocenters. The highest BCUT2D eigenvalue weighted by molar-refractivity contribution is 7.16. The Balaban J connectivity index is 1.98. The maximum atomic E-state index is 4.41. The van der Waals surface area contributed by atoms with Gasteiger partial charge in [-0.3, -0.25) is 4.99 Å². The van der Waals surface area contributed by atoms with Crippen molar-refractivity contribution in [2.45, 2.75) is 13.3 Å². The van der Waals surface area contributed by atoms with Crippen molar-refractivity contribution in [3.8, 4) is 0 Å². The second kappa shape index (κ2) is 4.33. The first-order valence-corrected chi connectivity index (χ1v) is 6.66. The second-order valence-electron chi connectivity index (χ2n) is 3.97. The molecule has 2 aromatic rings. The number of guanidine groups is 1. The molecule has 0 spiro atoms. The van der Waals surface area contributed by atoms with Crippen LogP contribution >= 0.6 is 11.3 Å². The molecule has 4 nitrogen and oxygen atoms in total. The first-order chi connectivity index (χ1) is 8.36. The summed E-state index contributed by atoms with van der Waals surface area (Å²) in [5.74, 6) is 0.871. The lowest BCUT2D eigenvalue weighted by atomic mass is 10.1. The van der Waals surface area contributed by atoms with Gasteiger partial charge >= 0.3 is 0 Å². The predicted octanol–water partition coefficient (Wildman–Crippen LogP) is 2.23. The number of aromatic nitrogens is 1. The van der Waals surface area contributed by atoms with E-state index in [1.54, 1.807) is 11.3 Å². The Morgan fingerprint density at radius 2 is 2.41 bits per heavy atom. The Hall–Kier alpha value is -1.62. The number of hydrogen-bond acceptors (Lipinski definition) is 5. The Morgan fingerprint density at radius 1 is 1.47 bits per heavy atom. The molecule has 1 aromatic carbocycles. The number of rotatable bonds is 2. The number of nitrogens with zero attached hydrogens (tertiary/aromatic N) is 2. The van der Waals surface area contributed by atoms with Crippen LogP contribution in [-0.2, 0) is 6.42 Å². The summed E-state index contributed by atoms with van der Waals surface area (Å²) in [6.07, 6.45) is 0.996. The molecule has 17 heavy (non-hydrogen) atoms. The monoisotopic (exact) mass is 246 g/mol. The molecule has 3 rings (SSSR count). The van der Waals surface area contributed by atoms with E-state index in [0.29, 0.717) is 0 Å². The topological polar surface area (TPSA) is 49.3 Å². The van der Waals surface area contributed by atoms with Gasteiger partial charge in [0.05, 0.1) is 22.3 Å². The number of aryl methyl sites for hydroxylation is 1. The molecule has 0 radical (unpaired) electrons. The van der Waals surface area contributed by atoms with Gasteiger partial charge in [-0.05, 0) is 24.1 Å². The molecule has 0 saturated heterocycles. The first-order valence-electron chi connectivity index (χ1n) is 5.78. The van der Waals surface area contributed by atoms with Gasteiger partial charge in [0.2, 0.25) is 0 Å². The van der Waals surface area contributed by atoms with Crippen LogP contribution in [0.5, 0.6) is 0 Å². The third-order valence-electron chi connectivity index (χ3n) is 2.83. The molecule has 5 heteroatoms. The standard InChI is InChI=1S/C12H14N4S/c1-2-8-5-9(16-12-13-3-4-14-12)6-10-11(8)15-7-17-10/h5-7H,2-4H2,1H3,(H2,13,14,16). The normalized spacial score (nSPS) is 14.8. The van der Waals surface area contributed by atoms with Crippen molar-refractivity contribution in [1.82, 2.24) is 10.3 Å². The van der Waals surface area contributed by atoms with E-state index >= 15 is 0 Å². The van der Waals surface area contributed by atoms with Crippen molar-refractivity contribution in [2.24, 2.45) is 4.99 Å². The second-order valence-corrected chi connectivity index (χ2v) is 4.86. The van der Waals surface area contributed by atoms with Crippen LogP contribution in [-0.4, -0.2) is 24.0 Å². The molecule has 2 heterocycles. The number of fused-ring (bicyclic) bond motifs is 1. The fraction of sp³-hybridized carbons (Fsp3) is 0.333. The third kappa shape index (κ3) is 1.98. The average molecular weight is 246 g/mol. The van der Waals surface area contributed by atoms with Gasteiger partial charge < -0.3 is 10.6 Å². The van der Waals surface area contributed by atoms with E-state index in [2.05, 4.69) is 39.7 Å². The largest absolute Gasteiger partial charge is 0.354 e. The number of anilines is 1. The van der Waals surface area contributed by atoms with E-state index in [9.17, 15) is 0 Å². The SMILES string of the molecule is CCc1cc(NC2=NCCN2)cc2scnc12. The molecule has 1 aromatic heterocycles. The van der Waals surface area contributed by atoms with Crippen molar-refractivity contribution in [3.05, 3.63) is 23.2 Å². The zero-order valence-electron chi connectivity index (χ0n) is 9.66. The van der Waals surface area contributed by atoms with Crippen LogP contribution in [0.25, 0.3) is 10.2 Å². The molecule has 0 bridgehead atoms. The zero-order chi connectivity index (χ0) is 11.7. The van der Waals surface area contributed by atoms with Crippen molar-refractivity contribution in [3.63, 3.8) is 0 Å². The lowest BCUT2D eigenvalue weighted by molar-refractivity contribution is 0.959. The first kappa shape index (κ1) is 10.5. The lowest BCUT2D eigenvalue weighted by Gasteiger charge is -2.08. The van der Waals surface area contributed by atoms with Crippen molar-refractivity contribution in [2.75, 3.05) is 18.4 Å². The molecule has 1 aliphatic rings. The fourth-order valence-corrected chi connectivity index (χ4v) is 2.76. The van der Waals surface area contributed by atoms with E-state index in [0.717, 1.165) is 36.7 Å². The number of hydrogen-bond donors (Lipinski definition) is 2. The van der Waals surface area contributed by atoms with Gasteiger partial charge in [-0.1, -0.05) is 6.92 Å². The summed E-state index contributed by atoms with van der Waals surface area (Å²) < 4.78 is 1.23. The molecule has 0 unspecified atom stereocenters. The van der Waals surface area contributed by atoms with Crippen LogP contribution in [0.2, 0.25) is 0 Å². The number of benzene rings is 1. The highest BCUT2D eigenvalue weighted by Crippen LogP contribution is 2.26. The molecular formula is C12H14N4S. The summed E-state index contributed by atoms with van der Waals surface area (Å²) in [6, 6.07) is 4.29. The Morgan fingerprint density at radius 3 is 3.18 bits per heavy atom. The van der Waals surface area contributed by atoms with Crippen LogP contribution < -0.4 is 10.6 Å². The van der Waals surface area contributed by atoms with Crippen molar-refractivity contribution in [1.29, 1.82) is 0 Å². The zero-order valence-corrected chi connectivity index (χ0v) is 10.5. The molecule has 0 amide bonds. The number of thiazole rings is 1.